The van der Waals surface area contributed by atoms with Gasteiger partial charge in [0, 0.05) is 12.6 Å². The van der Waals surface area contributed by atoms with Crippen molar-refractivity contribution in [1.29, 1.82) is 0 Å². The maximum absolute atomic E-state index is 6.17. The van der Waals surface area contributed by atoms with E-state index in [9.17, 15) is 0 Å². The maximum Gasteiger partial charge on any atom is 0.0829 e. The summed E-state index contributed by atoms with van der Waals surface area (Å²) in [5, 5.41) is 3.74. The van der Waals surface area contributed by atoms with E-state index in [1.807, 2.05) is 0 Å². The van der Waals surface area contributed by atoms with Crippen LogP contribution in [0.2, 0.25) is 0 Å². The number of nitrogens with one attached hydrogen (secondary N) is 1. The molecule has 0 aliphatic rings. The van der Waals surface area contributed by atoms with Crippen LogP contribution in [0.1, 0.15) is 73.6 Å². The molecule has 2 heteroatoms. The first kappa shape index (κ1) is 17.9. The van der Waals surface area contributed by atoms with Crippen LogP contribution in [0, 0.1) is 5.92 Å². The molecule has 0 amide bonds. The monoisotopic (exact) mass is 257 g/mol. The van der Waals surface area contributed by atoms with E-state index in [0.29, 0.717) is 6.04 Å². The molecule has 0 aromatic carbocycles. The van der Waals surface area contributed by atoms with Crippen LogP contribution in [-0.4, -0.2) is 24.8 Å². The number of ether oxygens (including phenoxy) is 1. The molecule has 110 valence electrons. The molecular weight excluding hydrogens is 222 g/mol. The average Bonchev–Trinajstić information content (AvgIpc) is 2.40. The van der Waals surface area contributed by atoms with Gasteiger partial charge >= 0.3 is 0 Å². The summed E-state index contributed by atoms with van der Waals surface area (Å²) in [5.74, 6) is 0.761. The number of hydrogen-bond acceptors (Lipinski definition) is 2. The molecule has 0 rings (SSSR count). The first-order valence-electron chi connectivity index (χ1n) is 7.97. The van der Waals surface area contributed by atoms with E-state index < -0.39 is 0 Å². The van der Waals surface area contributed by atoms with Crippen LogP contribution < -0.4 is 5.32 Å². The normalized spacial score (nSPS) is 15.7. The fraction of sp³-hybridized carbons (Fsp3) is 1.00. The predicted octanol–water partition coefficient (Wildman–Crippen LogP) is 4.39. The lowest BCUT2D eigenvalue weighted by Gasteiger charge is -2.41. The van der Waals surface area contributed by atoms with Crippen LogP contribution in [-0.2, 0) is 4.74 Å². The summed E-state index contributed by atoms with van der Waals surface area (Å²) >= 11 is 0. The van der Waals surface area contributed by atoms with E-state index in [1.54, 1.807) is 0 Å². The van der Waals surface area contributed by atoms with Gasteiger partial charge in [-0.2, -0.15) is 0 Å². The lowest BCUT2D eigenvalue weighted by Crippen LogP contribution is -2.53. The lowest BCUT2D eigenvalue weighted by molar-refractivity contribution is -0.0764. The fourth-order valence-corrected chi connectivity index (χ4v) is 2.71. The topological polar surface area (TPSA) is 21.3 Å². The third-order valence-corrected chi connectivity index (χ3v) is 4.24. The number of hydrogen-bond donors (Lipinski definition) is 1. The van der Waals surface area contributed by atoms with Crippen LogP contribution in [0.3, 0.4) is 0 Å². The minimum atomic E-state index is 0.0212. The van der Waals surface area contributed by atoms with Crippen molar-refractivity contribution in [2.45, 2.75) is 85.3 Å². The molecule has 0 saturated heterocycles. The summed E-state index contributed by atoms with van der Waals surface area (Å²) < 4.78 is 6.17. The molecule has 0 heterocycles. The SMILES string of the molecule is CCCNC(CC(C)CC)C(CC)(CC)OCC. The third-order valence-electron chi connectivity index (χ3n) is 4.24. The summed E-state index contributed by atoms with van der Waals surface area (Å²) in [6.07, 6.45) is 5.84. The van der Waals surface area contributed by atoms with Gasteiger partial charge in [-0.15, -0.1) is 0 Å². The summed E-state index contributed by atoms with van der Waals surface area (Å²) in [6, 6.07) is 0.488. The maximum atomic E-state index is 6.17. The van der Waals surface area contributed by atoms with Crippen molar-refractivity contribution >= 4 is 0 Å². The highest BCUT2D eigenvalue weighted by Gasteiger charge is 2.36. The lowest BCUT2D eigenvalue weighted by atomic mass is 9.82. The Morgan fingerprint density at radius 2 is 1.67 bits per heavy atom. The molecule has 0 saturated carbocycles. The van der Waals surface area contributed by atoms with Crippen molar-refractivity contribution in [3.8, 4) is 0 Å². The first-order valence-corrected chi connectivity index (χ1v) is 7.97. The highest BCUT2D eigenvalue weighted by atomic mass is 16.5. The standard InChI is InChI=1S/C16H35NO/c1-7-12-17-15(13-14(6)8-2)16(9-3,10-4)18-11-5/h14-15,17H,7-13H2,1-6H3. The van der Waals surface area contributed by atoms with Gasteiger partial charge in [-0.25, -0.2) is 0 Å². The summed E-state index contributed by atoms with van der Waals surface area (Å²) in [5.41, 5.74) is 0.0212. The van der Waals surface area contributed by atoms with Crippen molar-refractivity contribution < 1.29 is 4.74 Å². The molecular formula is C16H35NO. The van der Waals surface area contributed by atoms with E-state index in [2.05, 4.69) is 46.9 Å². The average molecular weight is 257 g/mol. The van der Waals surface area contributed by atoms with Gasteiger partial charge in [0.15, 0.2) is 0 Å². The Morgan fingerprint density at radius 1 is 1.06 bits per heavy atom. The zero-order valence-corrected chi connectivity index (χ0v) is 13.5. The van der Waals surface area contributed by atoms with Crippen molar-refractivity contribution in [2.75, 3.05) is 13.2 Å². The molecule has 1 N–H and O–H groups in total. The smallest absolute Gasteiger partial charge is 0.0829 e. The van der Waals surface area contributed by atoms with Gasteiger partial charge < -0.3 is 10.1 Å². The van der Waals surface area contributed by atoms with Crippen molar-refractivity contribution in [3.63, 3.8) is 0 Å². The van der Waals surface area contributed by atoms with Gasteiger partial charge in [0.05, 0.1) is 5.60 Å². The summed E-state index contributed by atoms with van der Waals surface area (Å²) in [6.45, 7) is 15.4. The van der Waals surface area contributed by atoms with Crippen molar-refractivity contribution in [3.05, 3.63) is 0 Å². The van der Waals surface area contributed by atoms with Gasteiger partial charge in [0.1, 0.15) is 0 Å². The zero-order chi connectivity index (χ0) is 14.0. The van der Waals surface area contributed by atoms with Crippen LogP contribution in [0.4, 0.5) is 0 Å². The Morgan fingerprint density at radius 3 is 2.06 bits per heavy atom. The highest BCUT2D eigenvalue weighted by Crippen LogP contribution is 2.29. The molecule has 0 aliphatic heterocycles. The molecule has 0 aliphatic carbocycles. The summed E-state index contributed by atoms with van der Waals surface area (Å²) in [4.78, 5) is 0. The van der Waals surface area contributed by atoms with Crippen LogP contribution in [0.5, 0.6) is 0 Å². The molecule has 2 unspecified atom stereocenters. The van der Waals surface area contributed by atoms with Gasteiger partial charge in [-0.05, 0) is 45.1 Å². The predicted molar refractivity (Wildman–Crippen MR) is 81.1 cm³/mol. The molecule has 18 heavy (non-hydrogen) atoms. The molecule has 2 atom stereocenters. The molecule has 2 nitrogen and oxygen atoms in total. The van der Waals surface area contributed by atoms with E-state index in [-0.39, 0.29) is 5.60 Å². The van der Waals surface area contributed by atoms with E-state index in [0.717, 1.165) is 31.9 Å². The van der Waals surface area contributed by atoms with Gasteiger partial charge in [-0.3, -0.25) is 0 Å². The minimum Gasteiger partial charge on any atom is -0.374 e. The Hall–Kier alpha value is -0.0800. The van der Waals surface area contributed by atoms with Crippen LogP contribution in [0.25, 0.3) is 0 Å². The van der Waals surface area contributed by atoms with Gasteiger partial charge in [-0.1, -0.05) is 41.0 Å². The van der Waals surface area contributed by atoms with Crippen molar-refractivity contribution in [1.82, 2.24) is 5.32 Å². The highest BCUT2D eigenvalue weighted by molar-refractivity contribution is 4.92. The summed E-state index contributed by atoms with van der Waals surface area (Å²) in [7, 11) is 0. The van der Waals surface area contributed by atoms with Gasteiger partial charge in [0.2, 0.25) is 0 Å². The molecule has 0 bridgehead atoms. The first-order chi connectivity index (χ1) is 8.60. The van der Waals surface area contributed by atoms with E-state index in [1.165, 1.54) is 19.3 Å². The Kier molecular flexibility index (Phi) is 9.76. The van der Waals surface area contributed by atoms with E-state index >= 15 is 0 Å². The second-order valence-electron chi connectivity index (χ2n) is 5.46. The number of rotatable bonds is 11. The Balaban J connectivity index is 4.83. The fourth-order valence-electron chi connectivity index (χ4n) is 2.71. The van der Waals surface area contributed by atoms with E-state index in [4.69, 9.17) is 4.74 Å². The molecule has 0 aromatic heterocycles. The van der Waals surface area contributed by atoms with Crippen molar-refractivity contribution in [2.24, 2.45) is 5.92 Å². The minimum absolute atomic E-state index is 0.0212. The van der Waals surface area contributed by atoms with Gasteiger partial charge in [0.25, 0.3) is 0 Å². The largest absolute Gasteiger partial charge is 0.374 e. The zero-order valence-electron chi connectivity index (χ0n) is 13.5. The third kappa shape index (κ3) is 5.27. The molecule has 0 aromatic rings. The van der Waals surface area contributed by atoms with Crippen LogP contribution in [0.15, 0.2) is 0 Å². The van der Waals surface area contributed by atoms with Crippen LogP contribution >= 0.6 is 0 Å². The second-order valence-corrected chi connectivity index (χ2v) is 5.46. The molecule has 0 radical (unpaired) electrons. The molecule has 0 fully saturated rings. The quantitative estimate of drug-likeness (QED) is 0.593. The Bertz CT molecular complexity index is 190. The second kappa shape index (κ2) is 9.80. The Labute approximate surface area is 115 Å². The molecule has 0 spiro atoms.